The van der Waals surface area contributed by atoms with Crippen molar-refractivity contribution in [1.82, 2.24) is 5.32 Å². The molecule has 3 N–H and O–H groups in total. The fourth-order valence-electron chi connectivity index (χ4n) is 1.59. The van der Waals surface area contributed by atoms with Crippen LogP contribution in [-0.2, 0) is 10.0 Å². The molecule has 0 radical (unpaired) electrons. The number of carbonyl (C=O) groups is 1. The van der Waals surface area contributed by atoms with Crippen LogP contribution >= 0.6 is 0 Å². The van der Waals surface area contributed by atoms with Crippen molar-refractivity contribution >= 4 is 27.4 Å². The van der Waals surface area contributed by atoms with Gasteiger partial charge in [0.05, 0.1) is 11.4 Å². The Kier molecular flexibility index (Phi) is 5.82. The van der Waals surface area contributed by atoms with Gasteiger partial charge in [-0.3, -0.25) is 4.72 Å². The van der Waals surface area contributed by atoms with Crippen LogP contribution in [0.5, 0.6) is 0 Å². The second-order valence-electron chi connectivity index (χ2n) is 4.75. The highest BCUT2D eigenvalue weighted by Gasteiger charge is 2.09. The Hall–Kier alpha value is -1.76. The standard InChI is InChI=1S/C13H21N3O3S/c1-4-8-20(18,19)16-12-7-5-6-11(9-12)15-13(17)14-10(2)3/h5-7,9-10,16H,4,8H2,1-3H3,(H2,14,15,17). The summed E-state index contributed by atoms with van der Waals surface area (Å²) in [6, 6.07) is 6.29. The predicted octanol–water partition coefficient (Wildman–Crippen LogP) is 2.37. The van der Waals surface area contributed by atoms with Crippen LogP contribution in [0.25, 0.3) is 0 Å². The van der Waals surface area contributed by atoms with Gasteiger partial charge in [-0.15, -0.1) is 0 Å². The molecular formula is C13H21N3O3S. The minimum absolute atomic E-state index is 0.0289. The number of hydrogen-bond donors (Lipinski definition) is 3. The molecular weight excluding hydrogens is 278 g/mol. The highest BCUT2D eigenvalue weighted by atomic mass is 32.2. The van der Waals surface area contributed by atoms with Gasteiger partial charge in [0.15, 0.2) is 0 Å². The van der Waals surface area contributed by atoms with Gasteiger partial charge in [-0.1, -0.05) is 13.0 Å². The first-order valence-corrected chi connectivity index (χ1v) is 8.15. The first-order chi connectivity index (χ1) is 9.32. The van der Waals surface area contributed by atoms with Crippen LogP contribution in [0.4, 0.5) is 16.2 Å². The molecule has 0 unspecified atom stereocenters. The summed E-state index contributed by atoms with van der Waals surface area (Å²) < 4.78 is 25.8. The summed E-state index contributed by atoms with van der Waals surface area (Å²) in [6.45, 7) is 5.51. The number of rotatable bonds is 6. The lowest BCUT2D eigenvalue weighted by atomic mass is 10.3. The van der Waals surface area contributed by atoms with Crippen molar-refractivity contribution in [2.75, 3.05) is 15.8 Å². The summed E-state index contributed by atoms with van der Waals surface area (Å²) in [5.41, 5.74) is 0.959. The third-order valence-corrected chi connectivity index (χ3v) is 3.78. The predicted molar refractivity (Wildman–Crippen MR) is 81.4 cm³/mol. The van der Waals surface area contributed by atoms with E-state index in [1.54, 1.807) is 31.2 Å². The molecule has 1 aromatic rings. The fraction of sp³-hybridized carbons (Fsp3) is 0.462. The maximum absolute atomic E-state index is 11.7. The van der Waals surface area contributed by atoms with E-state index >= 15 is 0 Å². The average Bonchev–Trinajstić information content (AvgIpc) is 2.26. The molecule has 2 amide bonds. The number of benzene rings is 1. The van der Waals surface area contributed by atoms with E-state index in [0.717, 1.165) is 0 Å². The zero-order chi connectivity index (χ0) is 15.2. The quantitative estimate of drug-likeness (QED) is 0.753. The molecule has 1 aromatic carbocycles. The summed E-state index contributed by atoms with van der Waals surface area (Å²) in [4.78, 5) is 11.6. The van der Waals surface area contributed by atoms with Gasteiger partial charge in [-0.2, -0.15) is 0 Å². The fourth-order valence-corrected chi connectivity index (χ4v) is 2.71. The first-order valence-electron chi connectivity index (χ1n) is 6.50. The Morgan fingerprint density at radius 2 is 1.90 bits per heavy atom. The molecule has 0 aromatic heterocycles. The minimum atomic E-state index is -3.33. The van der Waals surface area contributed by atoms with Crippen LogP contribution in [0.1, 0.15) is 27.2 Å². The minimum Gasteiger partial charge on any atom is -0.336 e. The lowest BCUT2D eigenvalue weighted by Crippen LogP contribution is -2.34. The summed E-state index contributed by atoms with van der Waals surface area (Å²) in [5.74, 6) is 0.0679. The molecule has 0 fully saturated rings. The Morgan fingerprint density at radius 3 is 2.50 bits per heavy atom. The molecule has 0 bridgehead atoms. The zero-order valence-electron chi connectivity index (χ0n) is 11.9. The lowest BCUT2D eigenvalue weighted by Gasteiger charge is -2.12. The normalized spacial score (nSPS) is 11.2. The third-order valence-electron chi connectivity index (χ3n) is 2.29. The Balaban J connectivity index is 2.73. The van der Waals surface area contributed by atoms with Crippen LogP contribution in [0.3, 0.4) is 0 Å². The van der Waals surface area contributed by atoms with Gasteiger partial charge < -0.3 is 10.6 Å². The van der Waals surface area contributed by atoms with Crippen molar-refractivity contribution in [3.8, 4) is 0 Å². The van der Waals surface area contributed by atoms with Gasteiger partial charge in [-0.25, -0.2) is 13.2 Å². The van der Waals surface area contributed by atoms with Crippen molar-refractivity contribution in [3.63, 3.8) is 0 Å². The second kappa shape index (κ2) is 7.14. The largest absolute Gasteiger partial charge is 0.336 e. The van der Waals surface area contributed by atoms with E-state index in [2.05, 4.69) is 15.4 Å². The molecule has 0 aliphatic rings. The van der Waals surface area contributed by atoms with Gasteiger partial charge in [-0.05, 0) is 38.5 Å². The lowest BCUT2D eigenvalue weighted by molar-refractivity contribution is 0.250. The monoisotopic (exact) mass is 299 g/mol. The van der Waals surface area contributed by atoms with E-state index in [1.165, 1.54) is 0 Å². The van der Waals surface area contributed by atoms with E-state index in [4.69, 9.17) is 0 Å². The topological polar surface area (TPSA) is 87.3 Å². The third kappa shape index (κ3) is 5.92. The van der Waals surface area contributed by atoms with Crippen molar-refractivity contribution in [1.29, 1.82) is 0 Å². The van der Waals surface area contributed by atoms with Crippen LogP contribution in [0.2, 0.25) is 0 Å². The van der Waals surface area contributed by atoms with Gasteiger partial charge in [0.1, 0.15) is 0 Å². The van der Waals surface area contributed by atoms with Crippen LogP contribution in [-0.4, -0.2) is 26.2 Å². The summed E-state index contributed by atoms with van der Waals surface area (Å²) in [6.07, 6.45) is 0.546. The molecule has 20 heavy (non-hydrogen) atoms. The Morgan fingerprint density at radius 1 is 1.25 bits per heavy atom. The first kappa shape index (κ1) is 16.3. The van der Waals surface area contributed by atoms with E-state index in [9.17, 15) is 13.2 Å². The van der Waals surface area contributed by atoms with Crippen LogP contribution in [0, 0.1) is 0 Å². The van der Waals surface area contributed by atoms with E-state index < -0.39 is 10.0 Å². The average molecular weight is 299 g/mol. The number of nitrogens with one attached hydrogen (secondary N) is 3. The van der Waals surface area contributed by atoms with Crippen LogP contribution < -0.4 is 15.4 Å². The van der Waals surface area contributed by atoms with Gasteiger partial charge >= 0.3 is 6.03 Å². The van der Waals surface area contributed by atoms with Gasteiger partial charge in [0.2, 0.25) is 10.0 Å². The summed E-state index contributed by atoms with van der Waals surface area (Å²) >= 11 is 0. The highest BCUT2D eigenvalue weighted by molar-refractivity contribution is 7.92. The number of carbonyl (C=O) groups excluding carboxylic acids is 1. The zero-order valence-corrected chi connectivity index (χ0v) is 12.8. The number of sulfonamides is 1. The molecule has 0 saturated carbocycles. The number of anilines is 2. The SMILES string of the molecule is CCCS(=O)(=O)Nc1cccc(NC(=O)NC(C)C)c1. The second-order valence-corrected chi connectivity index (χ2v) is 6.60. The number of amides is 2. The molecule has 0 heterocycles. The maximum atomic E-state index is 11.7. The van der Waals surface area contributed by atoms with Crippen molar-refractivity contribution in [2.24, 2.45) is 0 Å². The molecule has 6 nitrogen and oxygen atoms in total. The van der Waals surface area contributed by atoms with E-state index in [0.29, 0.717) is 17.8 Å². The molecule has 0 atom stereocenters. The molecule has 0 saturated heterocycles. The Labute approximate surface area is 120 Å². The van der Waals surface area contributed by atoms with Gasteiger partial charge in [0.25, 0.3) is 0 Å². The number of hydrogen-bond acceptors (Lipinski definition) is 3. The summed E-state index contributed by atoms with van der Waals surface area (Å²) in [7, 11) is -3.33. The smallest absolute Gasteiger partial charge is 0.319 e. The summed E-state index contributed by atoms with van der Waals surface area (Å²) in [5, 5.41) is 5.34. The molecule has 0 aliphatic carbocycles. The molecule has 112 valence electrons. The maximum Gasteiger partial charge on any atom is 0.319 e. The molecule has 0 aliphatic heterocycles. The molecule has 1 rings (SSSR count). The molecule has 0 spiro atoms. The molecule has 7 heteroatoms. The van der Waals surface area contributed by atoms with Crippen molar-refractivity contribution in [2.45, 2.75) is 33.2 Å². The van der Waals surface area contributed by atoms with Crippen LogP contribution in [0.15, 0.2) is 24.3 Å². The Bertz CT molecular complexity index is 556. The highest BCUT2D eigenvalue weighted by Crippen LogP contribution is 2.16. The van der Waals surface area contributed by atoms with E-state index in [1.807, 2.05) is 13.8 Å². The van der Waals surface area contributed by atoms with E-state index in [-0.39, 0.29) is 17.8 Å². The van der Waals surface area contributed by atoms with Crippen molar-refractivity contribution in [3.05, 3.63) is 24.3 Å². The number of urea groups is 1. The van der Waals surface area contributed by atoms with Gasteiger partial charge in [0, 0.05) is 11.7 Å². The van der Waals surface area contributed by atoms with Crippen molar-refractivity contribution < 1.29 is 13.2 Å².